The maximum atomic E-state index is 12.3. The first-order valence-electron chi connectivity index (χ1n) is 5.99. The number of nitrogens with two attached hydrogens (primary N) is 1. The molecule has 1 atom stereocenters. The van der Waals surface area contributed by atoms with E-state index in [2.05, 4.69) is 0 Å². The smallest absolute Gasteiger partial charge is 0.254 e. The summed E-state index contributed by atoms with van der Waals surface area (Å²) in [5.41, 5.74) is 7.14. The molecule has 2 N–H and O–H groups in total. The number of hydrogen-bond donors (Lipinski definition) is 1. The first-order valence-corrected chi connectivity index (χ1v) is 6.36. The number of benzene rings is 1. The van der Waals surface area contributed by atoms with Crippen molar-refractivity contribution in [2.24, 2.45) is 5.73 Å². The van der Waals surface area contributed by atoms with Crippen molar-refractivity contribution >= 4 is 29.9 Å². The molecule has 0 bridgehead atoms. The Balaban J connectivity index is 0.00000180. The summed E-state index contributed by atoms with van der Waals surface area (Å²) in [6.45, 7) is 4.03. The highest BCUT2D eigenvalue weighted by molar-refractivity contribution is 6.31. The van der Waals surface area contributed by atoms with Crippen molar-refractivity contribution < 1.29 is 9.53 Å². The predicted molar refractivity (Wildman–Crippen MR) is 78.1 cm³/mol. The normalized spacial score (nSPS) is 18.9. The van der Waals surface area contributed by atoms with Gasteiger partial charge in [-0.15, -0.1) is 12.4 Å². The van der Waals surface area contributed by atoms with Crippen molar-refractivity contribution in [2.75, 3.05) is 26.2 Å². The van der Waals surface area contributed by atoms with Gasteiger partial charge in [-0.1, -0.05) is 11.6 Å². The molecule has 0 radical (unpaired) electrons. The minimum absolute atomic E-state index is 0. The van der Waals surface area contributed by atoms with Gasteiger partial charge in [0.25, 0.3) is 5.91 Å². The number of nitrogens with zero attached hydrogens (tertiary/aromatic N) is 1. The van der Waals surface area contributed by atoms with Crippen LogP contribution in [0.5, 0.6) is 0 Å². The van der Waals surface area contributed by atoms with Crippen molar-refractivity contribution in [1.82, 2.24) is 4.90 Å². The Hall–Kier alpha value is -0.810. The molecule has 1 aromatic rings. The first kappa shape index (κ1) is 16.2. The highest BCUT2D eigenvalue weighted by Crippen LogP contribution is 2.18. The summed E-state index contributed by atoms with van der Waals surface area (Å²) in [4.78, 5) is 14.1. The van der Waals surface area contributed by atoms with Gasteiger partial charge >= 0.3 is 0 Å². The van der Waals surface area contributed by atoms with Gasteiger partial charge in [0.2, 0.25) is 0 Å². The van der Waals surface area contributed by atoms with Crippen LogP contribution >= 0.6 is 24.0 Å². The molecule has 2 rings (SSSR count). The lowest BCUT2D eigenvalue weighted by atomic mass is 10.1. The summed E-state index contributed by atoms with van der Waals surface area (Å²) in [7, 11) is 0. The van der Waals surface area contributed by atoms with Crippen LogP contribution < -0.4 is 5.73 Å². The fraction of sp³-hybridized carbons (Fsp3) is 0.462. The molecule has 1 heterocycles. The molecule has 1 aromatic carbocycles. The number of rotatable bonds is 2. The molecule has 0 saturated carbocycles. The number of hydrogen-bond acceptors (Lipinski definition) is 3. The zero-order valence-electron chi connectivity index (χ0n) is 10.8. The molecule has 0 spiro atoms. The number of aryl methyl sites for hydroxylation is 1. The van der Waals surface area contributed by atoms with E-state index in [1.165, 1.54) is 0 Å². The van der Waals surface area contributed by atoms with E-state index in [9.17, 15) is 4.79 Å². The Morgan fingerprint density at radius 2 is 2.32 bits per heavy atom. The Labute approximate surface area is 124 Å². The lowest BCUT2D eigenvalue weighted by Crippen LogP contribution is -2.48. The zero-order valence-corrected chi connectivity index (χ0v) is 12.3. The molecule has 1 amide bonds. The quantitative estimate of drug-likeness (QED) is 0.907. The van der Waals surface area contributed by atoms with Gasteiger partial charge in [-0.2, -0.15) is 0 Å². The third kappa shape index (κ3) is 3.83. The zero-order chi connectivity index (χ0) is 13.1. The van der Waals surface area contributed by atoms with Crippen LogP contribution in [0.3, 0.4) is 0 Å². The molecule has 6 heteroatoms. The van der Waals surface area contributed by atoms with E-state index in [0.717, 1.165) is 5.56 Å². The van der Waals surface area contributed by atoms with Crippen molar-refractivity contribution in [3.8, 4) is 0 Å². The molecule has 106 valence electrons. The van der Waals surface area contributed by atoms with Gasteiger partial charge in [0, 0.05) is 30.2 Å². The lowest BCUT2D eigenvalue weighted by molar-refractivity contribution is -0.0167. The fourth-order valence-corrected chi connectivity index (χ4v) is 2.12. The maximum absolute atomic E-state index is 12.3. The van der Waals surface area contributed by atoms with Gasteiger partial charge in [-0.05, 0) is 30.7 Å². The number of ether oxygens (including phenoxy) is 1. The van der Waals surface area contributed by atoms with Gasteiger partial charge in [-0.3, -0.25) is 4.79 Å². The van der Waals surface area contributed by atoms with Gasteiger partial charge in [-0.25, -0.2) is 0 Å². The topological polar surface area (TPSA) is 55.6 Å². The summed E-state index contributed by atoms with van der Waals surface area (Å²) in [6, 6.07) is 5.33. The molecule has 0 aromatic heterocycles. The average molecular weight is 305 g/mol. The van der Waals surface area contributed by atoms with Crippen molar-refractivity contribution in [3.05, 3.63) is 34.3 Å². The van der Waals surface area contributed by atoms with E-state index in [0.29, 0.717) is 36.8 Å². The van der Waals surface area contributed by atoms with Crippen LogP contribution in [0.4, 0.5) is 0 Å². The maximum Gasteiger partial charge on any atom is 0.254 e. The molecule has 1 aliphatic heterocycles. The number of carbonyl (C=O) groups excluding carboxylic acids is 1. The lowest BCUT2D eigenvalue weighted by Gasteiger charge is -2.32. The summed E-state index contributed by atoms with van der Waals surface area (Å²) >= 11 is 5.96. The van der Waals surface area contributed by atoms with Crippen LogP contribution in [0.1, 0.15) is 15.9 Å². The minimum Gasteiger partial charge on any atom is -0.373 e. The molecule has 0 aliphatic carbocycles. The molecule has 1 unspecified atom stereocenters. The highest BCUT2D eigenvalue weighted by Gasteiger charge is 2.24. The van der Waals surface area contributed by atoms with Crippen molar-refractivity contribution in [3.63, 3.8) is 0 Å². The second kappa shape index (κ2) is 7.10. The summed E-state index contributed by atoms with van der Waals surface area (Å²) in [6.07, 6.45) is -0.0592. The van der Waals surface area contributed by atoms with E-state index in [1.807, 2.05) is 13.0 Å². The second-order valence-electron chi connectivity index (χ2n) is 4.44. The monoisotopic (exact) mass is 304 g/mol. The van der Waals surface area contributed by atoms with Crippen LogP contribution in [-0.2, 0) is 4.74 Å². The van der Waals surface area contributed by atoms with E-state index in [1.54, 1.807) is 17.0 Å². The van der Waals surface area contributed by atoms with Crippen LogP contribution in [0.25, 0.3) is 0 Å². The average Bonchev–Trinajstić information content (AvgIpc) is 2.41. The molecule has 1 fully saturated rings. The highest BCUT2D eigenvalue weighted by atomic mass is 35.5. The fourth-order valence-electron chi connectivity index (χ4n) is 2.01. The van der Waals surface area contributed by atoms with Crippen LogP contribution in [-0.4, -0.2) is 43.2 Å². The molecule has 19 heavy (non-hydrogen) atoms. The summed E-state index contributed by atoms with van der Waals surface area (Å²) in [5, 5.41) is 0.674. The molecule has 4 nitrogen and oxygen atoms in total. The minimum atomic E-state index is -0.0592. The third-order valence-electron chi connectivity index (χ3n) is 3.09. The SMILES string of the molecule is Cc1cc(C(=O)N2CCOC(CN)C2)ccc1Cl.Cl. The Bertz CT molecular complexity index is 454. The molecular weight excluding hydrogens is 287 g/mol. The number of halogens is 2. The number of carbonyl (C=O) groups is 1. The van der Waals surface area contributed by atoms with E-state index in [-0.39, 0.29) is 24.4 Å². The van der Waals surface area contributed by atoms with Gasteiger partial charge in [0.15, 0.2) is 0 Å². The predicted octanol–water partition coefficient (Wildman–Crippen LogP) is 1.87. The standard InChI is InChI=1S/C13H17ClN2O2.ClH/c1-9-6-10(2-3-12(9)14)13(17)16-4-5-18-11(7-15)8-16;/h2-3,6,11H,4-5,7-8,15H2,1H3;1H. The Morgan fingerprint density at radius 3 is 2.95 bits per heavy atom. The molecule has 1 saturated heterocycles. The van der Waals surface area contributed by atoms with Gasteiger partial charge in [0.05, 0.1) is 12.7 Å². The van der Waals surface area contributed by atoms with Crippen molar-refractivity contribution in [1.29, 1.82) is 0 Å². The third-order valence-corrected chi connectivity index (χ3v) is 3.52. The van der Waals surface area contributed by atoms with Crippen LogP contribution in [0.2, 0.25) is 5.02 Å². The van der Waals surface area contributed by atoms with E-state index in [4.69, 9.17) is 22.1 Å². The van der Waals surface area contributed by atoms with Crippen LogP contribution in [0, 0.1) is 6.92 Å². The summed E-state index contributed by atoms with van der Waals surface area (Å²) < 4.78 is 5.45. The number of amides is 1. The first-order chi connectivity index (χ1) is 8.61. The van der Waals surface area contributed by atoms with E-state index >= 15 is 0 Å². The largest absolute Gasteiger partial charge is 0.373 e. The second-order valence-corrected chi connectivity index (χ2v) is 4.85. The number of morpholine rings is 1. The molecule has 1 aliphatic rings. The van der Waals surface area contributed by atoms with Crippen LogP contribution in [0.15, 0.2) is 18.2 Å². The molecular formula is C13H18Cl2N2O2. The summed E-state index contributed by atoms with van der Waals surface area (Å²) in [5.74, 6) is 0.0107. The van der Waals surface area contributed by atoms with Gasteiger partial charge in [0.1, 0.15) is 0 Å². The van der Waals surface area contributed by atoms with E-state index < -0.39 is 0 Å². The van der Waals surface area contributed by atoms with Gasteiger partial charge < -0.3 is 15.4 Å². The Kier molecular flexibility index (Phi) is 6.07. The van der Waals surface area contributed by atoms with Crippen molar-refractivity contribution in [2.45, 2.75) is 13.0 Å². The Morgan fingerprint density at radius 1 is 1.58 bits per heavy atom.